The number of anilines is 1. The van der Waals surface area contributed by atoms with Gasteiger partial charge >= 0.3 is 12.2 Å². The quantitative estimate of drug-likeness (QED) is 0.837. The summed E-state index contributed by atoms with van der Waals surface area (Å²) in [4.78, 5) is 13.7. The second kappa shape index (κ2) is 8.78. The van der Waals surface area contributed by atoms with Crippen LogP contribution in [0.4, 0.5) is 23.7 Å². The Morgan fingerprint density at radius 1 is 1.18 bits per heavy atom. The van der Waals surface area contributed by atoms with Gasteiger partial charge in [-0.15, -0.1) is 0 Å². The molecule has 0 fully saturated rings. The Balaban J connectivity index is 2.04. The molecule has 0 aliphatic carbocycles. The summed E-state index contributed by atoms with van der Waals surface area (Å²) in [6.45, 7) is -1.28. The molecular formula is C19H15F3N4O2. The molecule has 0 radical (unpaired) electrons. The molecule has 1 N–H and O–H groups in total. The first-order valence-electron chi connectivity index (χ1n) is 7.96. The van der Waals surface area contributed by atoms with Crippen LogP contribution in [0, 0.1) is 22.7 Å². The Morgan fingerprint density at radius 3 is 2.57 bits per heavy atom. The number of nitriles is 2. The fourth-order valence-electron chi connectivity index (χ4n) is 2.28. The minimum Gasteiger partial charge on any atom is -0.483 e. The van der Waals surface area contributed by atoms with E-state index in [2.05, 4.69) is 10.1 Å². The van der Waals surface area contributed by atoms with Gasteiger partial charge in [0.15, 0.2) is 6.61 Å². The normalized spacial score (nSPS) is 10.5. The van der Waals surface area contributed by atoms with E-state index >= 15 is 0 Å². The Labute approximate surface area is 159 Å². The molecule has 9 heteroatoms. The molecule has 0 saturated carbocycles. The average Bonchev–Trinajstić information content (AvgIpc) is 2.66. The highest BCUT2D eigenvalue weighted by Gasteiger charge is 2.28. The number of alkyl halides is 3. The summed E-state index contributed by atoms with van der Waals surface area (Å²) in [7, 11) is 1.54. The van der Waals surface area contributed by atoms with Crippen molar-refractivity contribution in [3.8, 4) is 17.9 Å². The van der Waals surface area contributed by atoms with E-state index in [1.54, 1.807) is 37.4 Å². The lowest BCUT2D eigenvalue weighted by atomic mass is 10.1. The molecule has 0 unspecified atom stereocenters. The van der Waals surface area contributed by atoms with Crippen LogP contribution in [0.1, 0.15) is 16.7 Å². The van der Waals surface area contributed by atoms with E-state index in [-0.39, 0.29) is 23.5 Å². The van der Waals surface area contributed by atoms with Crippen molar-refractivity contribution < 1.29 is 22.7 Å². The average molecular weight is 388 g/mol. The van der Waals surface area contributed by atoms with E-state index in [1.165, 1.54) is 23.1 Å². The van der Waals surface area contributed by atoms with E-state index in [4.69, 9.17) is 10.5 Å². The minimum atomic E-state index is -4.52. The third-order valence-electron chi connectivity index (χ3n) is 3.57. The van der Waals surface area contributed by atoms with Crippen LogP contribution < -0.4 is 10.1 Å². The standard InChI is InChI=1S/C19H15F3N4O2/c1-26(11-14-4-2-3-13(7-14)9-23)18(27)25-16-5-6-17(15(8-16)10-24)28-12-19(20,21)22/h2-8H,11-12H2,1H3,(H,25,27). The lowest BCUT2D eigenvalue weighted by Gasteiger charge is -2.18. The molecule has 0 aromatic heterocycles. The molecule has 2 amide bonds. The fraction of sp³-hybridized carbons (Fsp3) is 0.211. The number of carbonyl (C=O) groups excluding carboxylic acids is 1. The largest absolute Gasteiger partial charge is 0.483 e. The van der Waals surface area contributed by atoms with Gasteiger partial charge in [0.1, 0.15) is 11.8 Å². The Morgan fingerprint density at radius 2 is 1.93 bits per heavy atom. The fourth-order valence-corrected chi connectivity index (χ4v) is 2.28. The van der Waals surface area contributed by atoms with E-state index in [0.29, 0.717) is 5.56 Å². The first-order valence-corrected chi connectivity index (χ1v) is 7.96. The van der Waals surface area contributed by atoms with Gasteiger partial charge in [0.05, 0.1) is 17.2 Å². The molecule has 6 nitrogen and oxygen atoms in total. The van der Waals surface area contributed by atoms with Crippen molar-refractivity contribution >= 4 is 11.7 Å². The van der Waals surface area contributed by atoms with E-state index in [9.17, 15) is 18.0 Å². The maximum atomic E-state index is 12.3. The van der Waals surface area contributed by atoms with Gasteiger partial charge < -0.3 is 15.0 Å². The minimum absolute atomic E-state index is 0.133. The number of hydrogen-bond donors (Lipinski definition) is 1. The summed E-state index contributed by atoms with van der Waals surface area (Å²) in [5, 5.41) is 20.6. The van der Waals surface area contributed by atoms with Crippen LogP contribution in [0.2, 0.25) is 0 Å². The number of nitrogens with zero attached hydrogens (tertiary/aromatic N) is 3. The number of hydrogen-bond acceptors (Lipinski definition) is 4. The van der Waals surface area contributed by atoms with Gasteiger partial charge in [0.25, 0.3) is 0 Å². The number of amides is 2. The number of ether oxygens (including phenoxy) is 1. The molecule has 2 aromatic rings. The smallest absolute Gasteiger partial charge is 0.422 e. The predicted octanol–water partition coefficient (Wildman–Crippen LogP) is 4.03. The topological polar surface area (TPSA) is 89.2 Å². The Hall–Kier alpha value is -3.72. The predicted molar refractivity (Wildman–Crippen MR) is 94.3 cm³/mol. The van der Waals surface area contributed by atoms with Crippen LogP contribution >= 0.6 is 0 Å². The maximum Gasteiger partial charge on any atom is 0.422 e. The van der Waals surface area contributed by atoms with Crippen LogP contribution in [0.5, 0.6) is 5.75 Å². The highest BCUT2D eigenvalue weighted by Crippen LogP contribution is 2.25. The highest BCUT2D eigenvalue weighted by molar-refractivity contribution is 5.89. The molecule has 0 atom stereocenters. The summed E-state index contributed by atoms with van der Waals surface area (Å²) in [6.07, 6.45) is -4.52. The summed E-state index contributed by atoms with van der Waals surface area (Å²) >= 11 is 0. The molecule has 0 saturated heterocycles. The summed E-state index contributed by atoms with van der Waals surface area (Å²) in [5.41, 5.74) is 1.33. The van der Waals surface area contributed by atoms with Crippen molar-refractivity contribution in [3.05, 3.63) is 59.2 Å². The van der Waals surface area contributed by atoms with Crippen LogP contribution in [-0.2, 0) is 6.54 Å². The number of benzene rings is 2. The lowest BCUT2D eigenvalue weighted by Crippen LogP contribution is -2.30. The molecule has 0 bridgehead atoms. The van der Waals surface area contributed by atoms with Crippen LogP contribution in [0.3, 0.4) is 0 Å². The number of halogens is 3. The molecule has 144 valence electrons. The summed E-state index contributed by atoms with van der Waals surface area (Å²) < 4.78 is 41.4. The first kappa shape index (κ1) is 20.6. The number of urea groups is 1. The zero-order valence-corrected chi connectivity index (χ0v) is 14.7. The maximum absolute atomic E-state index is 12.3. The lowest BCUT2D eigenvalue weighted by molar-refractivity contribution is -0.153. The van der Waals surface area contributed by atoms with Gasteiger partial charge in [-0.1, -0.05) is 12.1 Å². The highest BCUT2D eigenvalue weighted by atomic mass is 19.4. The van der Waals surface area contributed by atoms with E-state index in [0.717, 1.165) is 5.56 Å². The molecule has 0 aliphatic heterocycles. The molecule has 2 aromatic carbocycles. The van der Waals surface area contributed by atoms with Crippen molar-refractivity contribution in [2.45, 2.75) is 12.7 Å². The van der Waals surface area contributed by atoms with Crippen molar-refractivity contribution in [2.75, 3.05) is 19.0 Å². The van der Waals surface area contributed by atoms with Gasteiger partial charge in [0, 0.05) is 19.3 Å². The van der Waals surface area contributed by atoms with Crippen molar-refractivity contribution in [3.63, 3.8) is 0 Å². The summed E-state index contributed by atoms with van der Waals surface area (Å²) in [6, 6.07) is 13.8. The van der Waals surface area contributed by atoms with Gasteiger partial charge in [-0.2, -0.15) is 23.7 Å². The van der Waals surface area contributed by atoms with Crippen LogP contribution in [0.25, 0.3) is 0 Å². The molecule has 0 aliphatic rings. The first-order chi connectivity index (χ1) is 13.2. The van der Waals surface area contributed by atoms with E-state index in [1.807, 2.05) is 6.07 Å². The third kappa shape index (κ3) is 5.92. The number of rotatable bonds is 5. The van der Waals surface area contributed by atoms with Crippen molar-refractivity contribution in [1.82, 2.24) is 4.90 Å². The van der Waals surface area contributed by atoms with Crippen LogP contribution in [0.15, 0.2) is 42.5 Å². The number of nitrogens with one attached hydrogen (secondary N) is 1. The number of carbonyl (C=O) groups is 1. The van der Waals surface area contributed by atoms with Crippen LogP contribution in [-0.4, -0.2) is 30.8 Å². The van der Waals surface area contributed by atoms with Gasteiger partial charge in [0.2, 0.25) is 0 Å². The van der Waals surface area contributed by atoms with Gasteiger partial charge in [-0.25, -0.2) is 4.79 Å². The SMILES string of the molecule is CN(Cc1cccc(C#N)c1)C(=O)Nc1ccc(OCC(F)(F)F)c(C#N)c1. The van der Waals surface area contributed by atoms with Crippen molar-refractivity contribution in [2.24, 2.45) is 0 Å². The molecule has 0 heterocycles. The van der Waals surface area contributed by atoms with Gasteiger partial charge in [-0.05, 0) is 35.9 Å². The molecular weight excluding hydrogens is 373 g/mol. The molecule has 28 heavy (non-hydrogen) atoms. The zero-order valence-electron chi connectivity index (χ0n) is 14.7. The Kier molecular flexibility index (Phi) is 6.46. The molecule has 2 rings (SSSR count). The van der Waals surface area contributed by atoms with Gasteiger partial charge in [-0.3, -0.25) is 0 Å². The second-order valence-electron chi connectivity index (χ2n) is 5.82. The zero-order chi connectivity index (χ0) is 20.7. The monoisotopic (exact) mass is 388 g/mol. The second-order valence-corrected chi connectivity index (χ2v) is 5.82. The Bertz CT molecular complexity index is 945. The van der Waals surface area contributed by atoms with E-state index < -0.39 is 18.8 Å². The third-order valence-corrected chi connectivity index (χ3v) is 3.57. The molecule has 0 spiro atoms. The van der Waals surface area contributed by atoms with Crippen molar-refractivity contribution in [1.29, 1.82) is 10.5 Å². The summed E-state index contributed by atoms with van der Waals surface area (Å²) in [5.74, 6) is -0.223.